The van der Waals surface area contributed by atoms with Crippen molar-refractivity contribution in [3.8, 4) is 0 Å². The highest BCUT2D eigenvalue weighted by atomic mass is 16.5. The molecule has 0 aromatic rings. The molecule has 2 saturated heterocycles. The monoisotopic (exact) mass is 171 g/mol. The minimum absolute atomic E-state index is 0.323. The normalized spacial score (nSPS) is 26.3. The van der Waals surface area contributed by atoms with E-state index in [1.165, 1.54) is 0 Å². The predicted octanol–water partition coefficient (Wildman–Crippen LogP) is -0.208. The van der Waals surface area contributed by atoms with E-state index in [0.29, 0.717) is 18.4 Å². The van der Waals surface area contributed by atoms with Crippen LogP contribution in [0.15, 0.2) is 0 Å². The highest BCUT2D eigenvalue weighted by Crippen LogP contribution is 2.24. The molecule has 2 fully saturated rings. The number of rotatable bonds is 3. The molecular formula is C8H13NO3. The molecule has 0 bridgehead atoms. The number of carbonyl (C=O) groups is 1. The van der Waals surface area contributed by atoms with Gasteiger partial charge in [0.15, 0.2) is 0 Å². The summed E-state index contributed by atoms with van der Waals surface area (Å²) in [5.74, 6) is -0.299. The lowest BCUT2D eigenvalue weighted by Gasteiger charge is -2.47. The quantitative estimate of drug-likeness (QED) is 0.638. The lowest BCUT2D eigenvalue weighted by molar-refractivity contribution is -0.142. The Hall–Kier alpha value is -0.610. The molecule has 4 nitrogen and oxygen atoms in total. The summed E-state index contributed by atoms with van der Waals surface area (Å²) in [6, 6.07) is 0.579. The van der Waals surface area contributed by atoms with Crippen LogP contribution in [0.2, 0.25) is 0 Å². The molecule has 0 saturated carbocycles. The maximum atomic E-state index is 10.3. The predicted molar refractivity (Wildman–Crippen MR) is 41.9 cm³/mol. The van der Waals surface area contributed by atoms with Gasteiger partial charge in [-0.05, 0) is 5.92 Å². The second-order valence-corrected chi connectivity index (χ2v) is 3.61. The molecule has 12 heavy (non-hydrogen) atoms. The molecular weight excluding hydrogens is 158 g/mol. The Balaban J connectivity index is 1.66. The molecule has 0 atom stereocenters. The zero-order chi connectivity index (χ0) is 8.55. The van der Waals surface area contributed by atoms with Gasteiger partial charge in [-0.25, -0.2) is 0 Å². The number of hydrogen-bond acceptors (Lipinski definition) is 3. The molecule has 0 unspecified atom stereocenters. The Morgan fingerprint density at radius 2 is 2.17 bits per heavy atom. The van der Waals surface area contributed by atoms with Gasteiger partial charge >= 0.3 is 5.97 Å². The number of aliphatic carboxylic acids is 1. The second kappa shape index (κ2) is 3.03. The standard InChI is InChI=1S/C8H13NO3/c10-8(11)1-6-2-9(3-6)7-4-12-5-7/h6-7H,1-5H2,(H,10,11). The third-order valence-electron chi connectivity index (χ3n) is 2.59. The van der Waals surface area contributed by atoms with E-state index in [0.717, 1.165) is 26.3 Å². The fraction of sp³-hybridized carbons (Fsp3) is 0.875. The summed E-state index contributed by atoms with van der Waals surface area (Å²) in [5, 5.41) is 8.50. The highest BCUT2D eigenvalue weighted by Gasteiger charge is 2.36. The Morgan fingerprint density at radius 1 is 1.50 bits per heavy atom. The summed E-state index contributed by atoms with van der Waals surface area (Å²) >= 11 is 0. The van der Waals surface area contributed by atoms with Crippen molar-refractivity contribution >= 4 is 5.97 Å². The summed E-state index contributed by atoms with van der Waals surface area (Å²) in [5.41, 5.74) is 0. The van der Waals surface area contributed by atoms with Crippen LogP contribution in [-0.2, 0) is 9.53 Å². The van der Waals surface area contributed by atoms with Gasteiger partial charge in [0.1, 0.15) is 0 Å². The van der Waals surface area contributed by atoms with Gasteiger partial charge in [-0.3, -0.25) is 9.69 Å². The Morgan fingerprint density at radius 3 is 2.58 bits per heavy atom. The first-order valence-electron chi connectivity index (χ1n) is 4.29. The highest BCUT2D eigenvalue weighted by molar-refractivity contribution is 5.67. The number of nitrogens with zero attached hydrogens (tertiary/aromatic N) is 1. The molecule has 0 radical (unpaired) electrons. The number of hydrogen-bond donors (Lipinski definition) is 1. The van der Waals surface area contributed by atoms with Crippen LogP contribution in [0.5, 0.6) is 0 Å². The van der Waals surface area contributed by atoms with Crippen molar-refractivity contribution in [1.29, 1.82) is 0 Å². The van der Waals surface area contributed by atoms with Gasteiger partial charge in [0.25, 0.3) is 0 Å². The molecule has 2 heterocycles. The summed E-state index contributed by atoms with van der Waals surface area (Å²) in [4.78, 5) is 12.6. The van der Waals surface area contributed by atoms with Gasteiger partial charge in [-0.1, -0.05) is 0 Å². The van der Waals surface area contributed by atoms with Gasteiger partial charge < -0.3 is 9.84 Å². The van der Waals surface area contributed by atoms with E-state index in [1.54, 1.807) is 0 Å². The van der Waals surface area contributed by atoms with Crippen LogP contribution in [0.3, 0.4) is 0 Å². The average Bonchev–Trinajstić information content (AvgIpc) is 1.77. The Kier molecular flexibility index (Phi) is 2.02. The maximum absolute atomic E-state index is 10.3. The first kappa shape index (κ1) is 8.01. The first-order chi connectivity index (χ1) is 5.75. The van der Waals surface area contributed by atoms with Gasteiger partial charge in [-0.15, -0.1) is 0 Å². The van der Waals surface area contributed by atoms with Crippen LogP contribution in [0, 0.1) is 5.92 Å². The van der Waals surface area contributed by atoms with Crippen molar-refractivity contribution in [2.24, 2.45) is 5.92 Å². The second-order valence-electron chi connectivity index (χ2n) is 3.61. The maximum Gasteiger partial charge on any atom is 0.303 e. The van der Waals surface area contributed by atoms with E-state index in [-0.39, 0.29) is 0 Å². The van der Waals surface area contributed by atoms with Crippen LogP contribution in [0.25, 0.3) is 0 Å². The van der Waals surface area contributed by atoms with Crippen molar-refractivity contribution in [3.05, 3.63) is 0 Å². The van der Waals surface area contributed by atoms with E-state index < -0.39 is 5.97 Å². The van der Waals surface area contributed by atoms with Crippen molar-refractivity contribution < 1.29 is 14.6 Å². The molecule has 4 heteroatoms. The van der Waals surface area contributed by atoms with Gasteiger partial charge in [0.05, 0.1) is 25.7 Å². The fourth-order valence-corrected chi connectivity index (χ4v) is 1.72. The van der Waals surface area contributed by atoms with Gasteiger partial charge in [-0.2, -0.15) is 0 Å². The van der Waals surface area contributed by atoms with E-state index >= 15 is 0 Å². The topological polar surface area (TPSA) is 49.8 Å². The average molecular weight is 171 g/mol. The molecule has 0 aromatic carbocycles. The van der Waals surface area contributed by atoms with Crippen LogP contribution in [-0.4, -0.2) is 48.3 Å². The number of carboxylic acids is 1. The van der Waals surface area contributed by atoms with Crippen molar-refractivity contribution in [2.75, 3.05) is 26.3 Å². The van der Waals surface area contributed by atoms with E-state index in [1.807, 2.05) is 0 Å². The zero-order valence-electron chi connectivity index (χ0n) is 6.90. The largest absolute Gasteiger partial charge is 0.481 e. The Labute approximate surface area is 71.1 Å². The first-order valence-corrected chi connectivity index (χ1v) is 4.29. The van der Waals surface area contributed by atoms with E-state index in [9.17, 15) is 4.79 Å². The number of carboxylic acid groups (broad SMARTS) is 1. The molecule has 1 N–H and O–H groups in total. The molecule has 0 amide bonds. The molecule has 2 aliphatic rings. The number of ether oxygens (including phenoxy) is 1. The van der Waals surface area contributed by atoms with Gasteiger partial charge in [0, 0.05) is 13.1 Å². The van der Waals surface area contributed by atoms with Crippen molar-refractivity contribution in [1.82, 2.24) is 4.90 Å². The summed E-state index contributed by atoms with van der Waals surface area (Å²) in [6.07, 6.45) is 0.323. The minimum atomic E-state index is -0.676. The minimum Gasteiger partial charge on any atom is -0.481 e. The number of likely N-dealkylation sites (tertiary alicyclic amines) is 1. The van der Waals surface area contributed by atoms with Crippen molar-refractivity contribution in [2.45, 2.75) is 12.5 Å². The third-order valence-corrected chi connectivity index (χ3v) is 2.59. The van der Waals surface area contributed by atoms with E-state index in [2.05, 4.69) is 4.90 Å². The van der Waals surface area contributed by atoms with Crippen LogP contribution < -0.4 is 0 Å². The molecule has 0 spiro atoms. The smallest absolute Gasteiger partial charge is 0.303 e. The van der Waals surface area contributed by atoms with Crippen LogP contribution in [0.4, 0.5) is 0 Å². The van der Waals surface area contributed by atoms with Crippen LogP contribution in [0.1, 0.15) is 6.42 Å². The zero-order valence-corrected chi connectivity index (χ0v) is 6.90. The molecule has 0 aliphatic carbocycles. The molecule has 68 valence electrons. The third kappa shape index (κ3) is 1.44. The van der Waals surface area contributed by atoms with Crippen LogP contribution >= 0.6 is 0 Å². The molecule has 2 aliphatic heterocycles. The SMILES string of the molecule is O=C(O)CC1CN(C2COC2)C1. The van der Waals surface area contributed by atoms with Crippen molar-refractivity contribution in [3.63, 3.8) is 0 Å². The fourth-order valence-electron chi connectivity index (χ4n) is 1.72. The molecule has 2 rings (SSSR count). The Bertz CT molecular complexity index is 185. The van der Waals surface area contributed by atoms with Gasteiger partial charge in [0.2, 0.25) is 0 Å². The summed E-state index contributed by atoms with van der Waals surface area (Å²) < 4.78 is 5.05. The lowest BCUT2D eigenvalue weighted by atomic mass is 9.94. The summed E-state index contributed by atoms with van der Waals surface area (Å²) in [7, 11) is 0. The summed E-state index contributed by atoms with van der Waals surface area (Å²) in [6.45, 7) is 3.56. The lowest BCUT2D eigenvalue weighted by Crippen LogP contribution is -2.59. The molecule has 0 aromatic heterocycles. The van der Waals surface area contributed by atoms with E-state index in [4.69, 9.17) is 9.84 Å².